The normalized spacial score (nSPS) is 29.5. The molecule has 1 aromatic heterocycles. The number of aromatic hydroxyl groups is 1. The SMILES string of the molecule is Cc1cnc(NC(=O)CC[C@@H]2C/C(=N\OCCF)[C@@]3(C)CC[C@@H]4c5cc(CN)c(O)cc5CC[C@H]4[C@H]23)s1. The molecule has 3 aliphatic rings. The van der Waals surface area contributed by atoms with E-state index in [-0.39, 0.29) is 17.9 Å². The van der Waals surface area contributed by atoms with Crippen molar-refractivity contribution < 1.29 is 19.1 Å². The summed E-state index contributed by atoms with van der Waals surface area (Å²) >= 11 is 1.48. The van der Waals surface area contributed by atoms with E-state index >= 15 is 0 Å². The average Bonchev–Trinajstić information content (AvgIpc) is 3.41. The van der Waals surface area contributed by atoms with Gasteiger partial charge in [-0.25, -0.2) is 9.37 Å². The van der Waals surface area contributed by atoms with Crippen LogP contribution >= 0.6 is 11.3 Å². The Balaban J connectivity index is 1.40. The van der Waals surface area contributed by atoms with Crippen LogP contribution in [0.3, 0.4) is 0 Å². The van der Waals surface area contributed by atoms with E-state index in [1.165, 1.54) is 22.5 Å². The Kier molecular flexibility index (Phi) is 7.54. The number of benzene rings is 1. The van der Waals surface area contributed by atoms with Gasteiger partial charge in [-0.2, -0.15) is 0 Å². The van der Waals surface area contributed by atoms with E-state index in [0.717, 1.165) is 54.7 Å². The lowest BCUT2D eigenvalue weighted by Crippen LogP contribution is -2.44. The van der Waals surface area contributed by atoms with Crippen molar-refractivity contribution in [1.82, 2.24) is 4.98 Å². The molecule has 37 heavy (non-hydrogen) atoms. The maximum atomic E-state index is 12.8. The Hall–Kier alpha value is -2.52. The van der Waals surface area contributed by atoms with E-state index in [1.807, 2.05) is 13.0 Å². The molecule has 2 aromatic rings. The van der Waals surface area contributed by atoms with Crippen LogP contribution in [0.4, 0.5) is 9.52 Å². The molecule has 1 aromatic carbocycles. The lowest BCUT2D eigenvalue weighted by molar-refractivity contribution is -0.116. The molecule has 9 heteroatoms. The smallest absolute Gasteiger partial charge is 0.226 e. The Morgan fingerprint density at radius 2 is 2.24 bits per heavy atom. The number of thiazole rings is 1. The Labute approximate surface area is 221 Å². The second kappa shape index (κ2) is 10.7. The molecule has 0 bridgehead atoms. The largest absolute Gasteiger partial charge is 0.508 e. The highest BCUT2D eigenvalue weighted by molar-refractivity contribution is 7.15. The average molecular weight is 529 g/mol. The van der Waals surface area contributed by atoms with Crippen LogP contribution in [0.15, 0.2) is 23.5 Å². The summed E-state index contributed by atoms with van der Waals surface area (Å²) in [6, 6.07) is 4.03. The van der Waals surface area contributed by atoms with Crippen molar-refractivity contribution in [1.29, 1.82) is 0 Å². The zero-order chi connectivity index (χ0) is 26.2. The van der Waals surface area contributed by atoms with Crippen molar-refractivity contribution >= 4 is 28.1 Å². The molecule has 7 nitrogen and oxygen atoms in total. The van der Waals surface area contributed by atoms with Crippen LogP contribution in [0.1, 0.15) is 72.9 Å². The summed E-state index contributed by atoms with van der Waals surface area (Å²) in [6.45, 7) is 3.99. The van der Waals surface area contributed by atoms with Crippen LogP contribution in [0.2, 0.25) is 0 Å². The molecular weight excluding hydrogens is 491 g/mol. The first kappa shape index (κ1) is 26.1. The number of rotatable bonds is 8. The maximum Gasteiger partial charge on any atom is 0.226 e. The van der Waals surface area contributed by atoms with Gasteiger partial charge in [-0.05, 0) is 86.3 Å². The molecule has 4 N–H and O–H groups in total. The van der Waals surface area contributed by atoms with Crippen LogP contribution in [-0.4, -0.2) is 35.0 Å². The number of anilines is 1. The molecule has 1 heterocycles. The number of amides is 1. The Morgan fingerprint density at radius 1 is 1.41 bits per heavy atom. The molecule has 0 spiro atoms. The summed E-state index contributed by atoms with van der Waals surface area (Å²) in [4.78, 5) is 23.5. The third-order valence-corrected chi connectivity index (χ3v) is 9.80. The number of carbonyl (C=O) groups is 1. The van der Waals surface area contributed by atoms with E-state index in [4.69, 9.17) is 10.6 Å². The number of carbonyl (C=O) groups excluding carboxylic acids is 1. The first-order valence-electron chi connectivity index (χ1n) is 13.4. The maximum absolute atomic E-state index is 12.8. The van der Waals surface area contributed by atoms with Crippen LogP contribution < -0.4 is 11.1 Å². The minimum atomic E-state index is -0.561. The monoisotopic (exact) mass is 528 g/mol. The second-order valence-corrected chi connectivity index (χ2v) is 12.3. The first-order chi connectivity index (χ1) is 17.8. The van der Waals surface area contributed by atoms with E-state index < -0.39 is 6.67 Å². The molecule has 5 atom stereocenters. The minimum absolute atomic E-state index is 0.0143. The molecule has 1 amide bonds. The van der Waals surface area contributed by atoms with Gasteiger partial charge in [0.05, 0.1) is 5.71 Å². The van der Waals surface area contributed by atoms with Crippen LogP contribution in [-0.2, 0) is 22.6 Å². The van der Waals surface area contributed by atoms with Gasteiger partial charge in [0.2, 0.25) is 5.91 Å². The lowest BCUT2D eigenvalue weighted by Gasteiger charge is -2.50. The number of fused-ring (bicyclic) bond motifs is 5. The second-order valence-electron chi connectivity index (χ2n) is 11.1. The number of alkyl halides is 1. The third kappa shape index (κ3) is 5.00. The van der Waals surface area contributed by atoms with Gasteiger partial charge in [0.15, 0.2) is 5.13 Å². The number of hydrogen-bond acceptors (Lipinski definition) is 7. The molecule has 0 aliphatic heterocycles. The van der Waals surface area contributed by atoms with Gasteiger partial charge >= 0.3 is 0 Å². The number of oxime groups is 1. The summed E-state index contributed by atoms with van der Waals surface area (Å²) in [5.74, 6) is 1.78. The van der Waals surface area contributed by atoms with Crippen LogP contribution in [0, 0.1) is 30.1 Å². The molecule has 2 saturated carbocycles. The van der Waals surface area contributed by atoms with Crippen molar-refractivity contribution in [2.75, 3.05) is 18.6 Å². The van der Waals surface area contributed by atoms with Crippen molar-refractivity contribution in [3.63, 3.8) is 0 Å². The van der Waals surface area contributed by atoms with Gasteiger partial charge in [0.1, 0.15) is 19.0 Å². The van der Waals surface area contributed by atoms with E-state index in [9.17, 15) is 14.3 Å². The molecule has 3 aliphatic carbocycles. The fraction of sp³-hybridized carbons (Fsp3) is 0.607. The van der Waals surface area contributed by atoms with Crippen LogP contribution in [0.5, 0.6) is 5.75 Å². The quantitative estimate of drug-likeness (QED) is 0.311. The number of nitrogens with one attached hydrogen (secondary N) is 1. The minimum Gasteiger partial charge on any atom is -0.508 e. The summed E-state index contributed by atoms with van der Waals surface area (Å²) in [5, 5.41) is 18.4. The third-order valence-electron chi connectivity index (χ3n) is 8.97. The number of hydrogen-bond donors (Lipinski definition) is 3. The number of phenols is 1. The van der Waals surface area contributed by atoms with Gasteiger partial charge in [0, 0.05) is 35.0 Å². The van der Waals surface area contributed by atoms with Crippen molar-refractivity contribution in [3.05, 3.63) is 39.9 Å². The molecule has 200 valence electrons. The Morgan fingerprint density at radius 3 is 2.97 bits per heavy atom. The molecule has 0 unspecified atom stereocenters. The number of nitrogens with two attached hydrogens (primary N) is 1. The van der Waals surface area contributed by atoms with Gasteiger partial charge in [-0.15, -0.1) is 11.3 Å². The molecular formula is C28H37FN4O3S. The van der Waals surface area contributed by atoms with Crippen molar-refractivity contribution in [2.45, 2.75) is 71.3 Å². The zero-order valence-corrected chi connectivity index (χ0v) is 22.5. The first-order valence-corrected chi connectivity index (χ1v) is 14.2. The predicted molar refractivity (Wildman–Crippen MR) is 144 cm³/mol. The van der Waals surface area contributed by atoms with E-state index in [1.54, 1.807) is 6.20 Å². The van der Waals surface area contributed by atoms with Gasteiger partial charge in [-0.3, -0.25) is 4.79 Å². The topological polar surface area (TPSA) is 110 Å². The fourth-order valence-corrected chi connectivity index (χ4v) is 8.06. The molecule has 2 fully saturated rings. The van der Waals surface area contributed by atoms with E-state index in [2.05, 4.69) is 28.4 Å². The summed E-state index contributed by atoms with van der Waals surface area (Å²) in [6.07, 6.45) is 7.68. The fourth-order valence-electron chi connectivity index (χ4n) is 7.38. The highest BCUT2D eigenvalue weighted by atomic mass is 32.1. The van der Waals surface area contributed by atoms with Gasteiger partial charge in [-0.1, -0.05) is 18.1 Å². The standard InChI is InChI=1S/C28H37FN4O3S/c1-16-15-31-27(37-16)32-25(35)6-4-18-13-24(33-36-10-9-29)28(2)8-7-20-21(26(18)28)5-3-17-12-23(34)19(14-30)11-22(17)20/h11-12,15,18,20-21,26,34H,3-10,13-14,30H2,1-2H3,(H,31,32,35)/b33-24+/t18-,20+,21-,26+,28-/m1/s1. The summed E-state index contributed by atoms with van der Waals surface area (Å²) in [7, 11) is 0. The van der Waals surface area contributed by atoms with E-state index in [0.29, 0.717) is 47.5 Å². The highest BCUT2D eigenvalue weighted by Gasteiger charge is 2.57. The molecule has 0 radical (unpaired) electrons. The summed E-state index contributed by atoms with van der Waals surface area (Å²) < 4.78 is 12.7. The molecule has 5 rings (SSSR count). The zero-order valence-electron chi connectivity index (χ0n) is 21.6. The number of aromatic nitrogens is 1. The van der Waals surface area contributed by atoms with Crippen molar-refractivity contribution in [3.8, 4) is 5.75 Å². The lowest BCUT2D eigenvalue weighted by atomic mass is 9.54. The van der Waals surface area contributed by atoms with Crippen molar-refractivity contribution in [2.24, 2.45) is 34.1 Å². The highest BCUT2D eigenvalue weighted by Crippen LogP contribution is 2.62. The number of nitrogens with zero attached hydrogens (tertiary/aromatic N) is 2. The number of aryl methyl sites for hydroxylation is 2. The van der Waals surface area contributed by atoms with Gasteiger partial charge in [0.25, 0.3) is 0 Å². The predicted octanol–water partition coefficient (Wildman–Crippen LogP) is 5.46. The molecule has 0 saturated heterocycles. The summed E-state index contributed by atoms with van der Waals surface area (Å²) in [5.41, 5.74) is 10.2. The van der Waals surface area contributed by atoms with Crippen LogP contribution in [0.25, 0.3) is 0 Å². The number of phenolic OH excluding ortho intramolecular Hbond substituents is 1. The number of halogens is 1. The van der Waals surface area contributed by atoms with Gasteiger partial charge < -0.3 is 21.0 Å². The Bertz CT molecular complexity index is 1180.